The number of hydrogen-bond donors (Lipinski definition) is 1. The predicted molar refractivity (Wildman–Crippen MR) is 69.2 cm³/mol. The van der Waals surface area contributed by atoms with Crippen molar-refractivity contribution in [2.24, 2.45) is 0 Å². The van der Waals surface area contributed by atoms with Crippen LogP contribution in [0.15, 0.2) is 21.7 Å². The predicted octanol–water partition coefficient (Wildman–Crippen LogP) is 1.19. The van der Waals surface area contributed by atoms with Crippen LogP contribution in [-0.2, 0) is 9.59 Å². The Balaban J connectivity index is 1.84. The van der Waals surface area contributed by atoms with Gasteiger partial charge < -0.3 is 10.2 Å². The molecule has 6 heteroatoms. The van der Waals surface area contributed by atoms with E-state index in [0.29, 0.717) is 18.8 Å². The Morgan fingerprint density at radius 2 is 2.47 bits per heavy atom. The SMILES string of the molecule is O=C1CN(C(=O)CSc2cccs2)CCCN1. The Morgan fingerprint density at radius 3 is 3.24 bits per heavy atom. The Labute approximate surface area is 108 Å². The van der Waals surface area contributed by atoms with Crippen molar-refractivity contribution in [3.63, 3.8) is 0 Å². The van der Waals surface area contributed by atoms with Crippen molar-refractivity contribution in [3.05, 3.63) is 17.5 Å². The monoisotopic (exact) mass is 270 g/mol. The standard InChI is InChI=1S/C11H14N2O2S2/c14-9-7-13(5-2-4-12-9)10(15)8-17-11-3-1-6-16-11/h1,3,6H,2,4-5,7-8H2,(H,12,14). The van der Waals surface area contributed by atoms with Crippen LogP contribution in [-0.4, -0.2) is 42.1 Å². The molecule has 1 saturated heterocycles. The van der Waals surface area contributed by atoms with Gasteiger partial charge in [-0.05, 0) is 17.9 Å². The summed E-state index contributed by atoms with van der Waals surface area (Å²) in [5.74, 6) is 0.394. The molecule has 0 unspecified atom stereocenters. The summed E-state index contributed by atoms with van der Waals surface area (Å²) in [5.41, 5.74) is 0. The summed E-state index contributed by atoms with van der Waals surface area (Å²) >= 11 is 3.16. The van der Waals surface area contributed by atoms with Gasteiger partial charge in [-0.2, -0.15) is 0 Å². The van der Waals surface area contributed by atoms with Gasteiger partial charge in [-0.3, -0.25) is 9.59 Å². The van der Waals surface area contributed by atoms with Crippen molar-refractivity contribution in [1.29, 1.82) is 0 Å². The van der Waals surface area contributed by atoms with Crippen molar-refractivity contribution >= 4 is 34.9 Å². The summed E-state index contributed by atoms with van der Waals surface area (Å²) in [7, 11) is 0. The van der Waals surface area contributed by atoms with E-state index in [1.165, 1.54) is 11.8 Å². The van der Waals surface area contributed by atoms with Crippen LogP contribution in [0.25, 0.3) is 0 Å². The van der Waals surface area contributed by atoms with Gasteiger partial charge in [0, 0.05) is 13.1 Å². The topological polar surface area (TPSA) is 49.4 Å². The first-order valence-corrected chi connectivity index (χ1v) is 7.33. The van der Waals surface area contributed by atoms with E-state index in [2.05, 4.69) is 5.32 Å². The highest BCUT2D eigenvalue weighted by atomic mass is 32.2. The highest BCUT2D eigenvalue weighted by Crippen LogP contribution is 2.23. The molecule has 0 spiro atoms. The maximum atomic E-state index is 11.9. The summed E-state index contributed by atoms with van der Waals surface area (Å²) in [6.07, 6.45) is 0.834. The third-order valence-corrected chi connectivity index (χ3v) is 4.56. The summed E-state index contributed by atoms with van der Waals surface area (Å²) in [5, 5.41) is 4.75. The lowest BCUT2D eigenvalue weighted by Crippen LogP contribution is -2.38. The highest BCUT2D eigenvalue weighted by Gasteiger charge is 2.19. The fourth-order valence-electron chi connectivity index (χ4n) is 1.59. The van der Waals surface area contributed by atoms with Gasteiger partial charge in [0.25, 0.3) is 0 Å². The van der Waals surface area contributed by atoms with Gasteiger partial charge in [0.2, 0.25) is 11.8 Å². The molecule has 2 rings (SSSR count). The van der Waals surface area contributed by atoms with E-state index in [1.807, 2.05) is 17.5 Å². The average molecular weight is 270 g/mol. The van der Waals surface area contributed by atoms with Crippen LogP contribution in [0.5, 0.6) is 0 Å². The molecule has 2 amide bonds. The molecule has 0 radical (unpaired) electrons. The number of thiophene rings is 1. The van der Waals surface area contributed by atoms with Crippen molar-refractivity contribution in [2.45, 2.75) is 10.6 Å². The molecule has 17 heavy (non-hydrogen) atoms. The van der Waals surface area contributed by atoms with Crippen LogP contribution >= 0.6 is 23.1 Å². The first-order chi connectivity index (χ1) is 8.25. The van der Waals surface area contributed by atoms with Crippen LogP contribution in [0.1, 0.15) is 6.42 Å². The fraction of sp³-hybridized carbons (Fsp3) is 0.455. The first kappa shape index (κ1) is 12.4. The molecular weight excluding hydrogens is 256 g/mol. The Bertz CT molecular complexity index is 392. The third-order valence-electron chi connectivity index (χ3n) is 2.45. The molecule has 4 nitrogen and oxygen atoms in total. The van der Waals surface area contributed by atoms with E-state index in [-0.39, 0.29) is 18.4 Å². The Hall–Kier alpha value is -1.01. The van der Waals surface area contributed by atoms with Crippen molar-refractivity contribution in [3.8, 4) is 0 Å². The summed E-state index contributed by atoms with van der Waals surface area (Å²) in [6.45, 7) is 1.53. The number of carbonyl (C=O) groups excluding carboxylic acids is 2. The normalized spacial score (nSPS) is 16.5. The van der Waals surface area contributed by atoms with Crippen LogP contribution in [0, 0.1) is 0 Å². The molecule has 1 aromatic rings. The zero-order valence-corrected chi connectivity index (χ0v) is 11.0. The molecule has 0 bridgehead atoms. The van der Waals surface area contributed by atoms with Crippen molar-refractivity contribution in [1.82, 2.24) is 10.2 Å². The van der Waals surface area contributed by atoms with Gasteiger partial charge in [0.15, 0.2) is 0 Å². The quantitative estimate of drug-likeness (QED) is 0.839. The molecule has 92 valence electrons. The Kier molecular flexibility index (Phi) is 4.44. The Morgan fingerprint density at radius 1 is 1.59 bits per heavy atom. The molecular formula is C11H14N2O2S2. The molecule has 1 aromatic heterocycles. The lowest BCUT2D eigenvalue weighted by atomic mass is 10.4. The zero-order chi connectivity index (χ0) is 12.1. The number of rotatable bonds is 3. The fourth-order valence-corrected chi connectivity index (χ4v) is 3.28. The first-order valence-electron chi connectivity index (χ1n) is 5.46. The lowest BCUT2D eigenvalue weighted by Gasteiger charge is -2.18. The number of amides is 2. The van der Waals surface area contributed by atoms with Gasteiger partial charge in [-0.15, -0.1) is 23.1 Å². The van der Waals surface area contributed by atoms with E-state index in [0.717, 1.165) is 10.6 Å². The van der Waals surface area contributed by atoms with Crippen LogP contribution in [0.2, 0.25) is 0 Å². The second-order valence-corrected chi connectivity index (χ2v) is 5.96. The molecule has 1 aliphatic heterocycles. The number of carbonyl (C=O) groups is 2. The van der Waals surface area contributed by atoms with Crippen molar-refractivity contribution < 1.29 is 9.59 Å². The number of nitrogens with zero attached hydrogens (tertiary/aromatic N) is 1. The summed E-state index contributed by atoms with van der Waals surface area (Å²) in [4.78, 5) is 24.9. The van der Waals surface area contributed by atoms with Gasteiger partial charge in [0.05, 0.1) is 16.5 Å². The van der Waals surface area contributed by atoms with Gasteiger partial charge >= 0.3 is 0 Å². The minimum atomic E-state index is -0.0584. The highest BCUT2D eigenvalue weighted by molar-refractivity contribution is 8.01. The third kappa shape index (κ3) is 3.74. The van der Waals surface area contributed by atoms with E-state index >= 15 is 0 Å². The second-order valence-electron chi connectivity index (χ2n) is 3.74. The molecule has 0 atom stereocenters. The lowest BCUT2D eigenvalue weighted by molar-refractivity contribution is -0.133. The number of thioether (sulfide) groups is 1. The zero-order valence-electron chi connectivity index (χ0n) is 9.35. The molecule has 0 saturated carbocycles. The minimum Gasteiger partial charge on any atom is -0.354 e. The molecule has 2 heterocycles. The minimum absolute atomic E-state index is 0.0421. The van der Waals surface area contributed by atoms with Gasteiger partial charge in [0.1, 0.15) is 0 Å². The summed E-state index contributed by atoms with van der Waals surface area (Å²) < 4.78 is 1.14. The maximum absolute atomic E-state index is 11.9. The molecule has 1 N–H and O–H groups in total. The second kappa shape index (κ2) is 6.07. The van der Waals surface area contributed by atoms with E-state index in [9.17, 15) is 9.59 Å². The molecule has 0 aromatic carbocycles. The molecule has 1 aliphatic rings. The van der Waals surface area contributed by atoms with Gasteiger partial charge in [-0.25, -0.2) is 0 Å². The van der Waals surface area contributed by atoms with E-state index in [1.54, 1.807) is 16.2 Å². The maximum Gasteiger partial charge on any atom is 0.239 e. The molecule has 1 fully saturated rings. The largest absolute Gasteiger partial charge is 0.354 e. The van der Waals surface area contributed by atoms with Crippen LogP contribution in [0.3, 0.4) is 0 Å². The van der Waals surface area contributed by atoms with Crippen LogP contribution in [0.4, 0.5) is 0 Å². The van der Waals surface area contributed by atoms with Crippen molar-refractivity contribution in [2.75, 3.05) is 25.4 Å². The van der Waals surface area contributed by atoms with Crippen LogP contribution < -0.4 is 5.32 Å². The number of nitrogens with one attached hydrogen (secondary N) is 1. The molecule has 0 aliphatic carbocycles. The van der Waals surface area contributed by atoms with E-state index < -0.39 is 0 Å². The van der Waals surface area contributed by atoms with E-state index in [4.69, 9.17) is 0 Å². The smallest absolute Gasteiger partial charge is 0.239 e. The average Bonchev–Trinajstić information content (AvgIpc) is 2.74. The van der Waals surface area contributed by atoms with Gasteiger partial charge in [-0.1, -0.05) is 6.07 Å². The summed E-state index contributed by atoms with van der Waals surface area (Å²) in [6, 6.07) is 3.97. The number of hydrogen-bond acceptors (Lipinski definition) is 4.